The molecule has 0 bridgehead atoms. The summed E-state index contributed by atoms with van der Waals surface area (Å²) in [6.07, 6.45) is 2.47. The highest BCUT2D eigenvalue weighted by Crippen LogP contribution is 2.39. The number of aryl methyl sites for hydroxylation is 2. The Bertz CT molecular complexity index is 495. The van der Waals surface area contributed by atoms with Gasteiger partial charge < -0.3 is 4.74 Å². The van der Waals surface area contributed by atoms with Crippen molar-refractivity contribution < 1.29 is 9.53 Å². The zero-order valence-electron chi connectivity index (χ0n) is 13.1. The average Bonchev–Trinajstić information content (AvgIpc) is 2.92. The topological polar surface area (TPSA) is 56.1 Å². The summed E-state index contributed by atoms with van der Waals surface area (Å²) in [7, 11) is 1.46. The third kappa shape index (κ3) is 2.73. The van der Waals surface area contributed by atoms with Crippen molar-refractivity contribution in [1.29, 1.82) is 0 Å². The molecule has 112 valence electrons. The summed E-state index contributed by atoms with van der Waals surface area (Å²) < 4.78 is 7.08. The highest BCUT2D eigenvalue weighted by Gasteiger charge is 2.47. The highest BCUT2D eigenvalue weighted by molar-refractivity contribution is 5.81. The van der Waals surface area contributed by atoms with Crippen LogP contribution in [0.1, 0.15) is 50.5 Å². The number of nitrogens with one attached hydrogen (secondary N) is 1. The quantitative estimate of drug-likeness (QED) is 0.858. The molecule has 20 heavy (non-hydrogen) atoms. The van der Waals surface area contributed by atoms with Gasteiger partial charge in [-0.05, 0) is 53.0 Å². The first kappa shape index (κ1) is 15.0. The lowest BCUT2D eigenvalue weighted by Crippen LogP contribution is -2.53. The van der Waals surface area contributed by atoms with Crippen LogP contribution in [0.25, 0.3) is 0 Å². The molecule has 1 heterocycles. The fourth-order valence-corrected chi connectivity index (χ4v) is 3.37. The molecule has 1 aromatic rings. The lowest BCUT2D eigenvalue weighted by molar-refractivity contribution is -0.148. The smallest absolute Gasteiger partial charge is 0.326 e. The summed E-state index contributed by atoms with van der Waals surface area (Å²) in [4.78, 5) is 12.2. The van der Waals surface area contributed by atoms with Crippen LogP contribution in [0.5, 0.6) is 0 Å². The molecule has 1 aliphatic carbocycles. The molecule has 0 radical (unpaired) electrons. The van der Waals surface area contributed by atoms with E-state index in [4.69, 9.17) is 4.74 Å². The number of carbonyl (C=O) groups is 1. The van der Waals surface area contributed by atoms with Crippen LogP contribution in [0.2, 0.25) is 0 Å². The average molecular weight is 279 g/mol. The molecule has 0 spiro atoms. The molecule has 0 amide bonds. The third-order valence-corrected chi connectivity index (χ3v) is 4.02. The van der Waals surface area contributed by atoms with E-state index in [1.807, 2.05) is 6.92 Å². The monoisotopic (exact) mass is 279 g/mol. The predicted octanol–water partition coefficient (Wildman–Crippen LogP) is 2.13. The van der Waals surface area contributed by atoms with Crippen LogP contribution in [-0.2, 0) is 9.53 Å². The van der Waals surface area contributed by atoms with Gasteiger partial charge >= 0.3 is 5.97 Å². The van der Waals surface area contributed by atoms with Gasteiger partial charge in [0.2, 0.25) is 0 Å². The summed E-state index contributed by atoms with van der Waals surface area (Å²) >= 11 is 0. The largest absolute Gasteiger partial charge is 0.468 e. The Morgan fingerprint density at radius 1 is 1.55 bits per heavy atom. The minimum atomic E-state index is -0.570. The second kappa shape index (κ2) is 5.56. The number of nitrogens with zero attached hydrogens (tertiary/aromatic N) is 2. The first-order valence-electron chi connectivity index (χ1n) is 7.27. The van der Waals surface area contributed by atoms with Crippen LogP contribution in [0.15, 0.2) is 6.07 Å². The van der Waals surface area contributed by atoms with E-state index in [9.17, 15) is 4.79 Å². The number of aromatic nitrogens is 2. The molecule has 1 N–H and O–H groups in total. The maximum Gasteiger partial charge on any atom is 0.326 e. The number of ether oxygens (including phenoxy) is 1. The van der Waals surface area contributed by atoms with Crippen molar-refractivity contribution in [2.24, 2.45) is 0 Å². The van der Waals surface area contributed by atoms with Crippen molar-refractivity contribution in [3.8, 4) is 0 Å². The maximum absolute atomic E-state index is 12.2. The molecule has 5 heteroatoms. The second-order valence-electron chi connectivity index (χ2n) is 6.14. The molecule has 1 aromatic heterocycles. The van der Waals surface area contributed by atoms with E-state index >= 15 is 0 Å². The summed E-state index contributed by atoms with van der Waals surface area (Å²) in [6, 6.07) is 2.58. The molecular formula is C15H25N3O2. The zero-order valence-corrected chi connectivity index (χ0v) is 13.1. The molecular weight excluding hydrogens is 254 g/mol. The summed E-state index contributed by atoms with van der Waals surface area (Å²) in [5.41, 5.74) is 1.60. The summed E-state index contributed by atoms with van der Waals surface area (Å²) in [6.45, 7) is 8.18. The third-order valence-electron chi connectivity index (χ3n) is 4.02. The van der Waals surface area contributed by atoms with Gasteiger partial charge in [0.25, 0.3) is 0 Å². The number of methoxy groups -OCH3 is 1. The van der Waals surface area contributed by atoms with Crippen LogP contribution < -0.4 is 5.32 Å². The van der Waals surface area contributed by atoms with Crippen molar-refractivity contribution in [2.45, 2.75) is 64.6 Å². The number of hydrogen-bond acceptors (Lipinski definition) is 4. The molecule has 1 aliphatic rings. The van der Waals surface area contributed by atoms with Crippen LogP contribution in [-0.4, -0.2) is 34.4 Å². The van der Waals surface area contributed by atoms with Gasteiger partial charge in [0.1, 0.15) is 5.54 Å². The Morgan fingerprint density at radius 3 is 2.75 bits per heavy atom. The molecule has 2 atom stereocenters. The molecule has 1 fully saturated rings. The Morgan fingerprint density at radius 2 is 2.25 bits per heavy atom. The van der Waals surface area contributed by atoms with E-state index in [1.165, 1.54) is 7.11 Å². The molecule has 0 aromatic carbocycles. The number of carbonyl (C=O) groups excluding carboxylic acids is 1. The summed E-state index contributed by atoms with van der Waals surface area (Å²) in [5.74, 6) is -0.157. The standard InChI is InChI=1S/C15H25N3O2/c1-10(2)16-15(14(19)20-5)7-6-13(9-15)18-12(4)8-11(3)17-18/h8,10,13,16H,6-7,9H2,1-5H3. The van der Waals surface area contributed by atoms with Crippen LogP contribution >= 0.6 is 0 Å². The van der Waals surface area contributed by atoms with Crippen molar-refractivity contribution in [1.82, 2.24) is 15.1 Å². The lowest BCUT2D eigenvalue weighted by atomic mass is 9.96. The van der Waals surface area contributed by atoms with Gasteiger partial charge in [0.05, 0.1) is 18.8 Å². The molecule has 0 saturated heterocycles. The number of hydrogen-bond donors (Lipinski definition) is 1. The highest BCUT2D eigenvalue weighted by atomic mass is 16.5. The van der Waals surface area contributed by atoms with Gasteiger partial charge in [-0.15, -0.1) is 0 Å². The summed E-state index contributed by atoms with van der Waals surface area (Å²) in [5, 5.41) is 7.98. The Kier molecular flexibility index (Phi) is 4.18. The SMILES string of the molecule is COC(=O)C1(NC(C)C)CCC(n2nc(C)cc2C)C1. The van der Waals surface area contributed by atoms with Gasteiger partial charge in [0.15, 0.2) is 0 Å². The van der Waals surface area contributed by atoms with E-state index in [2.05, 4.69) is 41.9 Å². The van der Waals surface area contributed by atoms with Gasteiger partial charge in [-0.2, -0.15) is 5.10 Å². The molecule has 5 nitrogen and oxygen atoms in total. The second-order valence-corrected chi connectivity index (χ2v) is 6.14. The van der Waals surface area contributed by atoms with E-state index in [-0.39, 0.29) is 18.1 Å². The molecule has 2 unspecified atom stereocenters. The number of esters is 1. The van der Waals surface area contributed by atoms with Gasteiger partial charge in [-0.25, -0.2) is 0 Å². The first-order chi connectivity index (χ1) is 9.38. The van der Waals surface area contributed by atoms with Gasteiger partial charge in [-0.3, -0.25) is 14.8 Å². The van der Waals surface area contributed by atoms with E-state index in [0.29, 0.717) is 0 Å². The minimum absolute atomic E-state index is 0.157. The zero-order chi connectivity index (χ0) is 14.9. The first-order valence-corrected chi connectivity index (χ1v) is 7.27. The Labute approximate surface area is 120 Å². The van der Waals surface area contributed by atoms with Crippen LogP contribution in [0, 0.1) is 13.8 Å². The van der Waals surface area contributed by atoms with E-state index in [1.54, 1.807) is 0 Å². The van der Waals surface area contributed by atoms with E-state index in [0.717, 1.165) is 30.7 Å². The van der Waals surface area contributed by atoms with Gasteiger partial charge in [-0.1, -0.05) is 0 Å². The molecule has 2 rings (SSSR count). The molecule has 0 aliphatic heterocycles. The van der Waals surface area contributed by atoms with Crippen molar-refractivity contribution in [3.05, 3.63) is 17.5 Å². The predicted molar refractivity (Wildman–Crippen MR) is 77.6 cm³/mol. The minimum Gasteiger partial charge on any atom is -0.468 e. The Hall–Kier alpha value is -1.36. The molecule has 1 saturated carbocycles. The van der Waals surface area contributed by atoms with Crippen molar-refractivity contribution in [3.63, 3.8) is 0 Å². The lowest BCUT2D eigenvalue weighted by Gasteiger charge is -2.30. The van der Waals surface area contributed by atoms with Crippen LogP contribution in [0.4, 0.5) is 0 Å². The van der Waals surface area contributed by atoms with Crippen LogP contribution in [0.3, 0.4) is 0 Å². The van der Waals surface area contributed by atoms with E-state index < -0.39 is 5.54 Å². The fourth-order valence-electron chi connectivity index (χ4n) is 3.37. The normalized spacial score (nSPS) is 26.2. The van der Waals surface area contributed by atoms with Crippen molar-refractivity contribution in [2.75, 3.05) is 7.11 Å². The number of rotatable bonds is 4. The van der Waals surface area contributed by atoms with Gasteiger partial charge in [0, 0.05) is 11.7 Å². The maximum atomic E-state index is 12.2. The Balaban J connectivity index is 2.23. The fraction of sp³-hybridized carbons (Fsp3) is 0.733. The van der Waals surface area contributed by atoms with Crippen molar-refractivity contribution >= 4 is 5.97 Å².